The average Bonchev–Trinajstić information content (AvgIpc) is 3.35. The number of rotatable bonds is 5. The minimum Gasteiger partial charge on any atom is -0.349 e. The topological polar surface area (TPSA) is 66.5 Å². The van der Waals surface area contributed by atoms with Crippen LogP contribution in [0.5, 0.6) is 0 Å². The molecule has 0 unspecified atom stereocenters. The smallest absolute Gasteiger partial charge is 0.264 e. The zero-order valence-electron chi connectivity index (χ0n) is 15.1. The molecule has 1 aliphatic carbocycles. The van der Waals surface area contributed by atoms with Gasteiger partial charge in [-0.25, -0.2) is 8.42 Å². The fourth-order valence-corrected chi connectivity index (χ4v) is 4.96. The molecule has 5 nitrogen and oxygen atoms in total. The maximum absolute atomic E-state index is 12.9. The standard InChI is InChI=1S/C20H20N2O3S2/c1-13-3-8-17(9-4-13)27(24,25)22(2)16-7-10-18-14(11-16)12-19(26-18)20(23)21-15-5-6-15/h3-4,7-12,15H,5-6H2,1-2H3,(H,21,23). The van der Waals surface area contributed by atoms with Crippen LogP contribution in [0.1, 0.15) is 28.1 Å². The van der Waals surface area contributed by atoms with Crippen molar-refractivity contribution in [3.8, 4) is 0 Å². The van der Waals surface area contributed by atoms with Crippen molar-refractivity contribution in [1.29, 1.82) is 0 Å². The molecule has 0 radical (unpaired) electrons. The van der Waals surface area contributed by atoms with E-state index in [0.717, 1.165) is 28.5 Å². The first-order valence-electron chi connectivity index (χ1n) is 8.75. The first-order valence-corrected chi connectivity index (χ1v) is 11.0. The van der Waals surface area contributed by atoms with E-state index in [1.165, 1.54) is 15.6 Å². The number of carbonyl (C=O) groups is 1. The summed E-state index contributed by atoms with van der Waals surface area (Å²) in [6, 6.07) is 14.4. The van der Waals surface area contributed by atoms with Gasteiger partial charge >= 0.3 is 0 Å². The molecule has 1 N–H and O–H groups in total. The second-order valence-electron chi connectivity index (χ2n) is 6.87. The third-order valence-corrected chi connectivity index (χ3v) is 7.59. The predicted octanol–water partition coefficient (Wildman–Crippen LogP) is 3.93. The number of benzene rings is 2. The molecule has 27 heavy (non-hydrogen) atoms. The van der Waals surface area contributed by atoms with Gasteiger partial charge in [-0.15, -0.1) is 11.3 Å². The quantitative estimate of drug-likeness (QED) is 0.706. The number of sulfonamides is 1. The van der Waals surface area contributed by atoms with E-state index in [2.05, 4.69) is 5.32 Å². The molecule has 0 spiro atoms. The summed E-state index contributed by atoms with van der Waals surface area (Å²) in [6.07, 6.45) is 2.09. The summed E-state index contributed by atoms with van der Waals surface area (Å²) in [6.45, 7) is 1.92. The first kappa shape index (κ1) is 18.0. The average molecular weight is 401 g/mol. The largest absolute Gasteiger partial charge is 0.349 e. The van der Waals surface area contributed by atoms with Gasteiger partial charge in [0.25, 0.3) is 15.9 Å². The maximum atomic E-state index is 12.9. The van der Waals surface area contributed by atoms with E-state index in [4.69, 9.17) is 0 Å². The molecule has 0 aliphatic heterocycles. The van der Waals surface area contributed by atoms with E-state index < -0.39 is 10.0 Å². The third kappa shape index (κ3) is 3.57. The van der Waals surface area contributed by atoms with Crippen LogP contribution < -0.4 is 9.62 Å². The van der Waals surface area contributed by atoms with Crippen molar-refractivity contribution in [2.24, 2.45) is 0 Å². The molecule has 140 valence electrons. The summed E-state index contributed by atoms with van der Waals surface area (Å²) in [5.41, 5.74) is 1.57. The number of hydrogen-bond acceptors (Lipinski definition) is 4. The fraction of sp³-hybridized carbons (Fsp3) is 0.250. The van der Waals surface area contributed by atoms with Crippen LogP contribution in [-0.2, 0) is 10.0 Å². The third-order valence-electron chi connectivity index (χ3n) is 4.68. The minimum atomic E-state index is -3.64. The van der Waals surface area contributed by atoms with Crippen molar-refractivity contribution in [2.75, 3.05) is 11.4 Å². The predicted molar refractivity (Wildman–Crippen MR) is 109 cm³/mol. The summed E-state index contributed by atoms with van der Waals surface area (Å²) in [4.78, 5) is 13.2. The van der Waals surface area contributed by atoms with Gasteiger partial charge in [0.15, 0.2) is 0 Å². The van der Waals surface area contributed by atoms with Crippen molar-refractivity contribution >= 4 is 43.0 Å². The number of carbonyl (C=O) groups excluding carboxylic acids is 1. The molecule has 1 heterocycles. The van der Waals surface area contributed by atoms with E-state index in [0.29, 0.717) is 16.6 Å². The molecule has 1 aliphatic rings. The fourth-order valence-electron chi connectivity index (χ4n) is 2.83. The molecule has 4 rings (SSSR count). The second kappa shape index (κ2) is 6.65. The van der Waals surface area contributed by atoms with E-state index in [1.807, 2.05) is 25.1 Å². The lowest BCUT2D eigenvalue weighted by Crippen LogP contribution is -2.26. The maximum Gasteiger partial charge on any atom is 0.264 e. The summed E-state index contributed by atoms with van der Waals surface area (Å²) in [5.74, 6) is -0.0547. The number of aryl methyl sites for hydroxylation is 1. The molecular formula is C20H20N2O3S2. The van der Waals surface area contributed by atoms with Crippen LogP contribution in [0.2, 0.25) is 0 Å². The van der Waals surface area contributed by atoms with Crippen molar-refractivity contribution in [3.63, 3.8) is 0 Å². The van der Waals surface area contributed by atoms with E-state index in [-0.39, 0.29) is 10.8 Å². The Kier molecular flexibility index (Phi) is 4.44. The van der Waals surface area contributed by atoms with E-state index in [1.54, 1.807) is 37.4 Å². The lowest BCUT2D eigenvalue weighted by molar-refractivity contribution is 0.0955. The Morgan fingerprint density at radius 2 is 1.81 bits per heavy atom. The highest BCUT2D eigenvalue weighted by atomic mass is 32.2. The second-order valence-corrected chi connectivity index (χ2v) is 9.92. The summed E-state index contributed by atoms with van der Waals surface area (Å²) >= 11 is 1.42. The van der Waals surface area contributed by atoms with Crippen LogP contribution in [0.3, 0.4) is 0 Å². The number of fused-ring (bicyclic) bond motifs is 1. The summed E-state index contributed by atoms with van der Waals surface area (Å²) in [7, 11) is -2.09. The highest BCUT2D eigenvalue weighted by molar-refractivity contribution is 7.92. The Morgan fingerprint density at radius 1 is 1.11 bits per heavy atom. The SMILES string of the molecule is Cc1ccc(S(=O)(=O)N(C)c2ccc3sc(C(=O)NC4CC4)cc3c2)cc1. The highest BCUT2D eigenvalue weighted by Crippen LogP contribution is 2.31. The van der Waals surface area contributed by atoms with Crippen LogP contribution in [0.4, 0.5) is 5.69 Å². The molecule has 2 aromatic carbocycles. The van der Waals surface area contributed by atoms with Crippen LogP contribution >= 0.6 is 11.3 Å². The molecule has 1 fully saturated rings. The number of nitrogens with zero attached hydrogens (tertiary/aromatic N) is 1. The Morgan fingerprint density at radius 3 is 2.48 bits per heavy atom. The molecule has 7 heteroatoms. The van der Waals surface area contributed by atoms with Gasteiger partial charge in [0, 0.05) is 17.8 Å². The molecule has 0 bridgehead atoms. The van der Waals surface area contributed by atoms with Crippen molar-refractivity contribution in [3.05, 3.63) is 59.0 Å². The molecule has 1 saturated carbocycles. The molecule has 3 aromatic rings. The van der Waals surface area contributed by atoms with Gasteiger partial charge in [-0.2, -0.15) is 0 Å². The molecule has 0 atom stereocenters. The Labute approximate surface area is 162 Å². The van der Waals surface area contributed by atoms with Gasteiger partial charge < -0.3 is 5.32 Å². The van der Waals surface area contributed by atoms with Gasteiger partial charge in [-0.1, -0.05) is 17.7 Å². The number of anilines is 1. The first-order chi connectivity index (χ1) is 12.8. The lowest BCUT2D eigenvalue weighted by Gasteiger charge is -2.19. The van der Waals surface area contributed by atoms with Gasteiger partial charge in [0.1, 0.15) is 0 Å². The zero-order valence-corrected chi connectivity index (χ0v) is 16.7. The minimum absolute atomic E-state index is 0.0547. The Hall–Kier alpha value is -2.38. The Balaban J connectivity index is 1.64. The van der Waals surface area contributed by atoms with E-state index >= 15 is 0 Å². The summed E-state index contributed by atoms with van der Waals surface area (Å²) in [5, 5.41) is 3.85. The number of nitrogens with one attached hydrogen (secondary N) is 1. The molecular weight excluding hydrogens is 380 g/mol. The normalized spacial score (nSPS) is 14.3. The van der Waals surface area contributed by atoms with Crippen LogP contribution in [0, 0.1) is 6.92 Å². The monoisotopic (exact) mass is 400 g/mol. The molecule has 0 saturated heterocycles. The number of thiophene rings is 1. The van der Waals surface area contributed by atoms with Gasteiger partial charge in [0.2, 0.25) is 0 Å². The number of amides is 1. The van der Waals surface area contributed by atoms with Crippen molar-refractivity contribution in [2.45, 2.75) is 30.7 Å². The van der Waals surface area contributed by atoms with E-state index in [9.17, 15) is 13.2 Å². The van der Waals surface area contributed by atoms with Crippen molar-refractivity contribution in [1.82, 2.24) is 5.32 Å². The summed E-state index contributed by atoms with van der Waals surface area (Å²) < 4.78 is 28.0. The highest BCUT2D eigenvalue weighted by Gasteiger charge is 2.25. The van der Waals surface area contributed by atoms with Crippen LogP contribution in [0.15, 0.2) is 53.4 Å². The Bertz CT molecular complexity index is 1110. The van der Waals surface area contributed by atoms with Crippen LogP contribution in [0.25, 0.3) is 10.1 Å². The van der Waals surface area contributed by atoms with Gasteiger partial charge in [0.05, 0.1) is 15.5 Å². The molecule has 1 aromatic heterocycles. The van der Waals surface area contributed by atoms with Gasteiger partial charge in [-0.3, -0.25) is 9.10 Å². The van der Waals surface area contributed by atoms with Gasteiger partial charge in [-0.05, 0) is 61.5 Å². The number of hydrogen-bond donors (Lipinski definition) is 1. The zero-order chi connectivity index (χ0) is 19.2. The van der Waals surface area contributed by atoms with Crippen LogP contribution in [-0.4, -0.2) is 27.4 Å². The lowest BCUT2D eigenvalue weighted by atomic mass is 10.2. The molecule has 1 amide bonds. The van der Waals surface area contributed by atoms with Crippen molar-refractivity contribution < 1.29 is 13.2 Å².